The third-order valence-corrected chi connectivity index (χ3v) is 5.18. The first-order valence-corrected chi connectivity index (χ1v) is 13.9. The van der Waals surface area contributed by atoms with Crippen molar-refractivity contribution in [2.45, 2.75) is 33.4 Å². The fraction of sp³-hybridized carbons (Fsp3) is 0.194. The van der Waals surface area contributed by atoms with Gasteiger partial charge in [-0.2, -0.15) is 14.4 Å². The summed E-state index contributed by atoms with van der Waals surface area (Å²) in [6.45, 7) is 15.5. The first-order chi connectivity index (χ1) is 20.1. The smallest absolute Gasteiger partial charge is 0.247 e. The SMILES string of the molecule is C=C/C=C/CBr.C=C/C=C/Cn1cc[n+](C[n+]2ccn(C/C=C/C=C)c2)c1.CC#N.[2HH].c1cn(Cn2ccnc2)cn1. The van der Waals surface area contributed by atoms with Gasteiger partial charge in [-0.25, -0.2) is 19.1 Å². The van der Waals surface area contributed by atoms with Gasteiger partial charge in [0.05, 0.1) is 18.7 Å². The van der Waals surface area contributed by atoms with Crippen molar-refractivity contribution in [1.29, 1.82) is 5.26 Å². The third-order valence-electron chi connectivity index (χ3n) is 4.80. The van der Waals surface area contributed by atoms with Crippen molar-refractivity contribution in [3.63, 3.8) is 0 Å². The molecule has 10 heteroatoms. The molecule has 0 saturated carbocycles. The molecule has 0 saturated heterocycles. The zero-order valence-electron chi connectivity index (χ0n) is 23.7. The van der Waals surface area contributed by atoms with E-state index in [1.54, 1.807) is 49.3 Å². The summed E-state index contributed by atoms with van der Waals surface area (Å²) < 4.78 is 12.5. The summed E-state index contributed by atoms with van der Waals surface area (Å²) in [7, 11) is 0. The summed E-state index contributed by atoms with van der Waals surface area (Å²) in [6, 6.07) is 1.75. The van der Waals surface area contributed by atoms with E-state index in [0.717, 1.165) is 31.8 Å². The van der Waals surface area contributed by atoms with E-state index in [2.05, 4.69) is 113 Å². The number of nitriles is 1. The highest BCUT2D eigenvalue weighted by atomic mass is 79.9. The second-order valence-corrected chi connectivity index (χ2v) is 8.70. The van der Waals surface area contributed by atoms with Gasteiger partial charge in [0.25, 0.3) is 0 Å². The summed E-state index contributed by atoms with van der Waals surface area (Å²) in [5.41, 5.74) is 0. The molecule has 0 unspecified atom stereocenters. The van der Waals surface area contributed by atoms with Crippen LogP contribution in [-0.4, -0.2) is 33.6 Å². The van der Waals surface area contributed by atoms with Crippen molar-refractivity contribution in [3.8, 4) is 6.07 Å². The molecule has 0 fully saturated rings. The molecule has 0 bridgehead atoms. The van der Waals surface area contributed by atoms with E-state index in [0.29, 0.717) is 0 Å². The molecule has 0 atom stereocenters. The summed E-state index contributed by atoms with van der Waals surface area (Å²) in [5, 5.41) is 8.24. The van der Waals surface area contributed by atoms with Crippen LogP contribution in [0.25, 0.3) is 0 Å². The molecule has 4 rings (SSSR count). The maximum atomic E-state index is 7.32. The lowest BCUT2D eigenvalue weighted by Gasteiger charge is -2.00. The Morgan fingerprint density at radius 1 is 0.780 bits per heavy atom. The van der Waals surface area contributed by atoms with Gasteiger partial charge in [-0.15, -0.1) is 0 Å². The van der Waals surface area contributed by atoms with Crippen LogP contribution in [0.3, 0.4) is 0 Å². The highest BCUT2D eigenvalue weighted by Crippen LogP contribution is 1.90. The van der Waals surface area contributed by atoms with Crippen LogP contribution in [0, 0.1) is 11.3 Å². The van der Waals surface area contributed by atoms with Crippen LogP contribution in [0.5, 0.6) is 0 Å². The summed E-state index contributed by atoms with van der Waals surface area (Å²) in [4.78, 5) is 7.86. The number of alkyl halides is 1. The Balaban J connectivity index is 0.000000666. The van der Waals surface area contributed by atoms with Crippen molar-refractivity contribution in [1.82, 2.24) is 28.2 Å². The molecule has 41 heavy (non-hydrogen) atoms. The maximum Gasteiger partial charge on any atom is 0.247 e. The van der Waals surface area contributed by atoms with Crippen molar-refractivity contribution < 1.29 is 10.6 Å². The molecule has 216 valence electrons. The Morgan fingerprint density at radius 3 is 1.56 bits per heavy atom. The topological polar surface area (TPSA) is 77.0 Å². The Bertz CT molecular complexity index is 1270. The van der Waals surface area contributed by atoms with E-state index in [9.17, 15) is 0 Å². The molecule has 0 aliphatic carbocycles. The number of allylic oxidation sites excluding steroid dienone is 9. The lowest BCUT2D eigenvalue weighted by molar-refractivity contribution is -0.912. The quantitative estimate of drug-likeness (QED) is 0.122. The molecule has 4 aromatic rings. The number of nitrogens with zero attached hydrogens (tertiary/aromatic N) is 9. The van der Waals surface area contributed by atoms with Gasteiger partial charge in [0.2, 0.25) is 19.3 Å². The van der Waals surface area contributed by atoms with E-state index in [1.807, 2.05) is 45.8 Å². The molecular weight excluding hydrogens is 578 g/mol. The second kappa shape index (κ2) is 23.2. The van der Waals surface area contributed by atoms with Gasteiger partial charge in [-0.05, 0) is 12.2 Å². The minimum atomic E-state index is 0. The molecule has 0 amide bonds. The molecule has 0 radical (unpaired) electrons. The van der Waals surface area contributed by atoms with E-state index < -0.39 is 0 Å². The van der Waals surface area contributed by atoms with Gasteiger partial charge >= 0.3 is 0 Å². The second-order valence-electron chi connectivity index (χ2n) is 8.06. The number of imidazole rings is 4. The molecular formula is C31H42BrN9+2. The van der Waals surface area contributed by atoms with Crippen LogP contribution in [0.4, 0.5) is 0 Å². The monoisotopic (exact) mass is 620 g/mol. The number of halogens is 1. The normalized spacial score (nSPS) is 10.2. The number of hydrogen-bond donors (Lipinski definition) is 0. The van der Waals surface area contributed by atoms with Crippen LogP contribution < -0.4 is 9.13 Å². The molecule has 0 aliphatic heterocycles. The lowest BCUT2D eigenvalue weighted by atomic mass is 10.5. The minimum Gasteiger partial charge on any atom is -0.319 e. The van der Waals surface area contributed by atoms with Gasteiger partial charge in [0, 0.05) is 38.5 Å². The zero-order chi connectivity index (χ0) is 30.0. The van der Waals surface area contributed by atoms with E-state index in [4.69, 9.17) is 5.26 Å². The van der Waals surface area contributed by atoms with Crippen LogP contribution in [0.1, 0.15) is 8.35 Å². The molecule has 4 aromatic heterocycles. The lowest BCUT2D eigenvalue weighted by Crippen LogP contribution is -2.49. The highest BCUT2D eigenvalue weighted by Gasteiger charge is 2.07. The summed E-state index contributed by atoms with van der Waals surface area (Å²) >= 11 is 3.22. The molecule has 0 aromatic carbocycles. The van der Waals surface area contributed by atoms with Gasteiger partial charge in [0.1, 0.15) is 44.5 Å². The standard InChI is InChI=1S/C17H22N4.C7H8N4.C5H7Br.C2H3N.H2/c1-3-5-7-9-18-11-13-20(15-18)17-21-14-12-19(16-21)10-8-6-4-2;1-3-10(5-8-1)7-11-4-2-9-6-11;1-2-3-4-5-6;1-2-3;/h3-8,11-16H,1-2,9-10,17H2;1-6H,7H2;2-4H,1,5H2;1H3;1H/q+2;;;;/b7-5+,8-6+;;4-3+;;/i;;;;1+1. The number of rotatable bonds is 12. The van der Waals surface area contributed by atoms with Crippen LogP contribution >= 0.6 is 15.9 Å². The summed E-state index contributed by atoms with van der Waals surface area (Å²) in [5.74, 6) is 0. The van der Waals surface area contributed by atoms with Crippen molar-refractivity contribution in [2.24, 2.45) is 0 Å². The fourth-order valence-corrected chi connectivity index (χ4v) is 3.30. The van der Waals surface area contributed by atoms with E-state index >= 15 is 0 Å². The molecule has 4 heterocycles. The van der Waals surface area contributed by atoms with Gasteiger partial charge in [-0.1, -0.05) is 78.2 Å². The predicted octanol–water partition coefficient (Wildman–Crippen LogP) is 5.34. The van der Waals surface area contributed by atoms with Crippen LogP contribution in [0.2, 0.25) is 0 Å². The van der Waals surface area contributed by atoms with E-state index in [1.165, 1.54) is 6.92 Å². The Labute approximate surface area is 253 Å². The Morgan fingerprint density at radius 2 is 1.22 bits per heavy atom. The highest BCUT2D eigenvalue weighted by molar-refractivity contribution is 9.09. The molecule has 0 aliphatic rings. The predicted molar refractivity (Wildman–Crippen MR) is 170 cm³/mol. The number of aromatic nitrogens is 8. The van der Waals surface area contributed by atoms with Crippen LogP contribution in [-0.2, 0) is 26.4 Å². The average Bonchev–Trinajstić information content (AvgIpc) is 3.80. The molecule has 9 nitrogen and oxygen atoms in total. The van der Waals surface area contributed by atoms with Gasteiger partial charge in [0.15, 0.2) is 0 Å². The van der Waals surface area contributed by atoms with Crippen molar-refractivity contribution in [3.05, 3.63) is 149 Å². The van der Waals surface area contributed by atoms with E-state index in [-0.39, 0.29) is 1.43 Å². The van der Waals surface area contributed by atoms with Crippen molar-refractivity contribution >= 4 is 15.9 Å². The first kappa shape index (κ1) is 34.3. The zero-order valence-corrected chi connectivity index (χ0v) is 25.3. The minimum absolute atomic E-state index is 0. The van der Waals surface area contributed by atoms with Gasteiger partial charge < -0.3 is 9.13 Å². The molecule has 0 spiro atoms. The Kier molecular flexibility index (Phi) is 19.4. The third kappa shape index (κ3) is 16.7. The largest absolute Gasteiger partial charge is 0.319 e. The first-order valence-electron chi connectivity index (χ1n) is 12.8. The summed E-state index contributed by atoms with van der Waals surface area (Å²) in [6.07, 6.45) is 40.6. The van der Waals surface area contributed by atoms with Gasteiger partial charge in [-0.3, -0.25) is 0 Å². The van der Waals surface area contributed by atoms with Crippen LogP contribution in [0.15, 0.2) is 149 Å². The maximum absolute atomic E-state index is 7.32. The average molecular weight is 622 g/mol. The molecule has 0 N–H and O–H groups in total. The van der Waals surface area contributed by atoms with Crippen molar-refractivity contribution in [2.75, 3.05) is 5.33 Å². The fourth-order valence-electron chi connectivity index (χ4n) is 3.08. The number of hydrogen-bond acceptors (Lipinski definition) is 3. The Hall–Kier alpha value is -4.75.